The lowest BCUT2D eigenvalue weighted by Crippen LogP contribution is -2.37. The highest BCUT2D eigenvalue weighted by atomic mass is 32.2. The number of ether oxygens (including phenoxy) is 1. The summed E-state index contributed by atoms with van der Waals surface area (Å²) in [5, 5.41) is 0. The minimum Gasteiger partial charge on any atom is -0.497 e. The van der Waals surface area contributed by atoms with Crippen molar-refractivity contribution < 1.29 is 13.2 Å². The minimum atomic E-state index is -3.67. The molecule has 3 aromatic carbocycles. The molecule has 1 saturated heterocycles. The van der Waals surface area contributed by atoms with Gasteiger partial charge >= 0.3 is 0 Å². The van der Waals surface area contributed by atoms with Gasteiger partial charge in [0.2, 0.25) is 10.0 Å². The molecule has 2 atom stereocenters. The minimum absolute atomic E-state index is 0.0391. The number of fused-ring (bicyclic) bond motifs is 3. The maximum Gasteiger partial charge on any atom is 0.244 e. The molecule has 3 aromatic rings. The molecular weight excluding hydrogens is 408 g/mol. The third-order valence-electron chi connectivity index (χ3n) is 6.44. The van der Waals surface area contributed by atoms with E-state index in [4.69, 9.17) is 4.74 Å². The molecule has 160 valence electrons. The van der Waals surface area contributed by atoms with Gasteiger partial charge in [-0.05, 0) is 54.3 Å². The van der Waals surface area contributed by atoms with E-state index in [9.17, 15) is 8.42 Å². The summed E-state index contributed by atoms with van der Waals surface area (Å²) >= 11 is 0. The maximum absolute atomic E-state index is 13.8. The van der Waals surface area contributed by atoms with E-state index in [-0.39, 0.29) is 12.2 Å². The zero-order valence-electron chi connectivity index (χ0n) is 17.7. The van der Waals surface area contributed by atoms with Gasteiger partial charge in [0.1, 0.15) is 11.9 Å². The number of methoxy groups -OCH3 is 1. The van der Waals surface area contributed by atoms with Gasteiger partial charge in [-0.15, -0.1) is 0 Å². The Kier molecular flexibility index (Phi) is 5.08. The zero-order chi connectivity index (χ0) is 21.6. The molecule has 1 fully saturated rings. The molecule has 2 aliphatic rings. The van der Waals surface area contributed by atoms with Crippen molar-refractivity contribution in [1.29, 1.82) is 0 Å². The lowest BCUT2D eigenvalue weighted by atomic mass is 9.93. The summed E-state index contributed by atoms with van der Waals surface area (Å²) in [6, 6.07) is 23.3. The lowest BCUT2D eigenvalue weighted by molar-refractivity contribution is 0.154. The summed E-state index contributed by atoms with van der Waals surface area (Å²) in [4.78, 5) is 2.67. The van der Waals surface area contributed by atoms with Gasteiger partial charge < -0.3 is 4.74 Å². The van der Waals surface area contributed by atoms with Crippen LogP contribution in [0.1, 0.15) is 34.5 Å². The fraction of sp³-hybridized carbons (Fsp3) is 0.280. The largest absolute Gasteiger partial charge is 0.497 e. The average Bonchev–Trinajstić information content (AvgIpc) is 3.20. The number of benzene rings is 3. The molecule has 0 saturated carbocycles. The van der Waals surface area contributed by atoms with Crippen LogP contribution in [0.15, 0.2) is 77.7 Å². The predicted octanol–water partition coefficient (Wildman–Crippen LogP) is 4.31. The Labute approximate surface area is 183 Å². The van der Waals surface area contributed by atoms with Crippen molar-refractivity contribution in [3.05, 3.63) is 95.1 Å². The Morgan fingerprint density at radius 3 is 2.35 bits per heavy atom. The number of aryl methyl sites for hydroxylation is 1. The van der Waals surface area contributed by atoms with E-state index in [1.807, 2.05) is 49.4 Å². The van der Waals surface area contributed by atoms with Crippen molar-refractivity contribution in [3.8, 4) is 5.75 Å². The first-order valence-corrected chi connectivity index (χ1v) is 12.0. The molecule has 0 aromatic heterocycles. The van der Waals surface area contributed by atoms with E-state index >= 15 is 0 Å². The second-order valence-corrected chi connectivity index (χ2v) is 10.1. The molecule has 2 aliphatic heterocycles. The second kappa shape index (κ2) is 7.79. The molecular formula is C25H26N2O3S. The van der Waals surface area contributed by atoms with Gasteiger partial charge in [0.15, 0.2) is 0 Å². The highest BCUT2D eigenvalue weighted by Crippen LogP contribution is 2.46. The summed E-state index contributed by atoms with van der Waals surface area (Å²) in [6.45, 7) is 3.21. The van der Waals surface area contributed by atoms with Crippen molar-refractivity contribution in [3.63, 3.8) is 0 Å². The molecule has 0 aliphatic carbocycles. The van der Waals surface area contributed by atoms with Crippen LogP contribution in [0.5, 0.6) is 5.75 Å². The molecule has 0 radical (unpaired) electrons. The van der Waals surface area contributed by atoms with E-state index in [0.29, 0.717) is 11.4 Å². The summed E-state index contributed by atoms with van der Waals surface area (Å²) < 4.78 is 34.6. The molecule has 5 nitrogen and oxygen atoms in total. The molecule has 31 heavy (non-hydrogen) atoms. The molecule has 0 spiro atoms. The van der Waals surface area contributed by atoms with Crippen LogP contribution in [-0.4, -0.2) is 37.8 Å². The summed E-state index contributed by atoms with van der Waals surface area (Å²) in [5.41, 5.74) is 4.54. The van der Waals surface area contributed by atoms with Crippen molar-refractivity contribution >= 4 is 10.0 Å². The van der Waals surface area contributed by atoms with Gasteiger partial charge in [-0.25, -0.2) is 8.42 Å². The summed E-state index contributed by atoms with van der Waals surface area (Å²) in [7, 11) is -2.03. The first-order chi connectivity index (χ1) is 15.0. The Hall–Kier alpha value is -2.67. The fourth-order valence-corrected chi connectivity index (χ4v) is 6.41. The van der Waals surface area contributed by atoms with Crippen LogP contribution in [0.25, 0.3) is 0 Å². The van der Waals surface area contributed by atoms with Crippen molar-refractivity contribution in [2.24, 2.45) is 0 Å². The van der Waals surface area contributed by atoms with Crippen LogP contribution in [-0.2, 0) is 16.4 Å². The molecule has 5 rings (SSSR count). The van der Waals surface area contributed by atoms with Crippen LogP contribution >= 0.6 is 0 Å². The van der Waals surface area contributed by atoms with Crippen LogP contribution < -0.4 is 4.74 Å². The highest BCUT2D eigenvalue weighted by Gasteiger charge is 2.48. The van der Waals surface area contributed by atoms with E-state index in [0.717, 1.165) is 29.8 Å². The van der Waals surface area contributed by atoms with E-state index in [1.165, 1.54) is 11.1 Å². The van der Waals surface area contributed by atoms with Gasteiger partial charge in [-0.1, -0.05) is 54.1 Å². The topological polar surface area (TPSA) is 49.9 Å². The molecule has 6 heteroatoms. The molecule has 0 bridgehead atoms. The predicted molar refractivity (Wildman–Crippen MR) is 120 cm³/mol. The van der Waals surface area contributed by atoms with Crippen LogP contribution in [0, 0.1) is 6.92 Å². The van der Waals surface area contributed by atoms with Gasteiger partial charge in [0.05, 0.1) is 18.0 Å². The van der Waals surface area contributed by atoms with E-state index in [1.54, 1.807) is 23.5 Å². The number of sulfonamides is 1. The van der Waals surface area contributed by atoms with Crippen LogP contribution in [0.4, 0.5) is 0 Å². The highest BCUT2D eigenvalue weighted by molar-refractivity contribution is 7.89. The second-order valence-electron chi connectivity index (χ2n) is 8.24. The zero-order valence-corrected chi connectivity index (χ0v) is 18.5. The van der Waals surface area contributed by atoms with Crippen molar-refractivity contribution in [1.82, 2.24) is 9.21 Å². The van der Waals surface area contributed by atoms with Gasteiger partial charge in [0, 0.05) is 13.1 Å². The Morgan fingerprint density at radius 1 is 0.935 bits per heavy atom. The standard InChI is InChI=1S/C25H26N2O3S/c1-18-7-13-22(14-8-18)31(28,29)27-17-24-23-6-4-3-5-19(23)15-16-26(24)25(27)20-9-11-21(30-2)12-10-20/h3-14,24-25H,15-17H2,1-2H3/t24-,25-/m0/s1. The molecule has 0 amide bonds. The third-order valence-corrected chi connectivity index (χ3v) is 8.27. The number of hydrogen-bond donors (Lipinski definition) is 0. The summed E-state index contributed by atoms with van der Waals surface area (Å²) in [6.07, 6.45) is 0.563. The first kappa shape index (κ1) is 20.2. The molecule has 2 heterocycles. The van der Waals surface area contributed by atoms with Gasteiger partial charge in [-0.2, -0.15) is 4.31 Å². The van der Waals surface area contributed by atoms with Crippen molar-refractivity contribution in [2.45, 2.75) is 30.4 Å². The average molecular weight is 435 g/mol. The Bertz CT molecular complexity index is 1190. The van der Waals surface area contributed by atoms with E-state index in [2.05, 4.69) is 23.1 Å². The molecule has 0 N–H and O–H groups in total. The molecule has 0 unspecified atom stereocenters. The number of nitrogens with zero attached hydrogens (tertiary/aromatic N) is 2. The third kappa shape index (κ3) is 3.45. The van der Waals surface area contributed by atoms with Crippen LogP contribution in [0.3, 0.4) is 0 Å². The quantitative estimate of drug-likeness (QED) is 0.614. The van der Waals surface area contributed by atoms with Crippen molar-refractivity contribution in [2.75, 3.05) is 20.2 Å². The fourth-order valence-electron chi connectivity index (χ4n) is 4.81. The Balaban J connectivity index is 1.61. The Morgan fingerprint density at radius 2 is 1.65 bits per heavy atom. The smallest absolute Gasteiger partial charge is 0.244 e. The van der Waals surface area contributed by atoms with E-state index < -0.39 is 10.0 Å². The normalized spacial score (nSPS) is 21.5. The SMILES string of the molecule is COc1ccc([C@H]2N3CCc4ccccc4[C@@H]3CN2S(=O)(=O)c2ccc(C)cc2)cc1. The lowest BCUT2D eigenvalue weighted by Gasteiger charge is -2.35. The maximum atomic E-state index is 13.8. The van der Waals surface area contributed by atoms with Gasteiger partial charge in [0.25, 0.3) is 0 Å². The number of hydrogen-bond acceptors (Lipinski definition) is 4. The monoisotopic (exact) mass is 434 g/mol. The first-order valence-electron chi connectivity index (χ1n) is 10.5. The number of rotatable bonds is 4. The van der Waals surface area contributed by atoms with Gasteiger partial charge in [-0.3, -0.25) is 4.90 Å². The summed E-state index contributed by atoms with van der Waals surface area (Å²) in [5.74, 6) is 0.759. The van der Waals surface area contributed by atoms with Crippen LogP contribution in [0.2, 0.25) is 0 Å².